The molecule has 2 rings (SSSR count). The highest BCUT2D eigenvalue weighted by Crippen LogP contribution is 2.32. The summed E-state index contributed by atoms with van der Waals surface area (Å²) in [6, 6.07) is 0. The summed E-state index contributed by atoms with van der Waals surface area (Å²) in [6.07, 6.45) is 0.785. The van der Waals surface area contributed by atoms with Crippen LogP contribution in [0.5, 0.6) is 0 Å². The van der Waals surface area contributed by atoms with E-state index >= 15 is 0 Å². The van der Waals surface area contributed by atoms with Crippen molar-refractivity contribution in [2.24, 2.45) is 0 Å². The van der Waals surface area contributed by atoms with Gasteiger partial charge in [0.2, 0.25) is 0 Å². The molecule has 0 amide bonds. The van der Waals surface area contributed by atoms with Crippen LogP contribution in [0.2, 0.25) is 0 Å². The molecule has 0 aromatic carbocycles. The standard InChI is InChI=1S/C11H17N3OS/c1-3-12-11-8-6-16-7-9(8)13-10(14-11)4-5-15-2/h3-7H2,1-2H3,(H,12,13,14). The molecule has 0 fully saturated rings. The number of nitrogens with zero attached hydrogens (tertiary/aromatic N) is 2. The van der Waals surface area contributed by atoms with Crippen LogP contribution in [0.25, 0.3) is 0 Å². The maximum atomic E-state index is 5.06. The van der Waals surface area contributed by atoms with E-state index in [-0.39, 0.29) is 0 Å². The summed E-state index contributed by atoms with van der Waals surface area (Å²) in [6.45, 7) is 3.67. The van der Waals surface area contributed by atoms with Crippen molar-refractivity contribution in [2.75, 3.05) is 25.6 Å². The fourth-order valence-electron chi connectivity index (χ4n) is 1.72. The molecule has 1 aliphatic rings. The van der Waals surface area contributed by atoms with E-state index < -0.39 is 0 Å². The highest BCUT2D eigenvalue weighted by atomic mass is 32.2. The molecule has 1 aromatic rings. The zero-order valence-electron chi connectivity index (χ0n) is 9.75. The average Bonchev–Trinajstić information content (AvgIpc) is 2.75. The predicted molar refractivity (Wildman–Crippen MR) is 66.8 cm³/mol. The largest absolute Gasteiger partial charge is 0.384 e. The molecule has 0 radical (unpaired) electrons. The quantitative estimate of drug-likeness (QED) is 0.849. The van der Waals surface area contributed by atoms with Gasteiger partial charge in [0.1, 0.15) is 11.6 Å². The smallest absolute Gasteiger partial charge is 0.134 e. The van der Waals surface area contributed by atoms with Gasteiger partial charge in [0.05, 0.1) is 12.3 Å². The van der Waals surface area contributed by atoms with E-state index in [1.165, 1.54) is 11.3 Å². The van der Waals surface area contributed by atoms with Gasteiger partial charge in [-0.25, -0.2) is 9.97 Å². The second kappa shape index (κ2) is 5.50. The van der Waals surface area contributed by atoms with Gasteiger partial charge in [-0.15, -0.1) is 0 Å². The Morgan fingerprint density at radius 3 is 3.00 bits per heavy atom. The lowest BCUT2D eigenvalue weighted by Gasteiger charge is -2.10. The van der Waals surface area contributed by atoms with Crippen LogP contribution in [-0.4, -0.2) is 30.2 Å². The average molecular weight is 239 g/mol. The van der Waals surface area contributed by atoms with Crippen LogP contribution < -0.4 is 5.32 Å². The fourth-order valence-corrected chi connectivity index (χ4v) is 2.76. The summed E-state index contributed by atoms with van der Waals surface area (Å²) in [7, 11) is 1.70. The first-order chi connectivity index (χ1) is 7.85. The predicted octanol–water partition coefficient (Wildman–Crippen LogP) is 1.84. The van der Waals surface area contributed by atoms with Gasteiger partial charge >= 0.3 is 0 Å². The Kier molecular flexibility index (Phi) is 4.01. The molecule has 0 spiro atoms. The van der Waals surface area contributed by atoms with Crippen molar-refractivity contribution < 1.29 is 4.74 Å². The summed E-state index contributed by atoms with van der Waals surface area (Å²) in [5, 5.41) is 3.32. The summed E-state index contributed by atoms with van der Waals surface area (Å²) in [5.41, 5.74) is 2.48. The third-order valence-electron chi connectivity index (χ3n) is 2.50. The molecule has 5 heteroatoms. The first-order valence-electron chi connectivity index (χ1n) is 5.54. The van der Waals surface area contributed by atoms with E-state index in [0.29, 0.717) is 6.61 Å². The number of thioether (sulfide) groups is 1. The second-order valence-electron chi connectivity index (χ2n) is 3.68. The summed E-state index contributed by atoms with van der Waals surface area (Å²) in [4.78, 5) is 9.14. The normalized spacial score (nSPS) is 13.9. The molecule has 88 valence electrons. The molecule has 1 aromatic heterocycles. The third kappa shape index (κ3) is 2.47. The molecule has 1 N–H and O–H groups in total. The van der Waals surface area contributed by atoms with Crippen molar-refractivity contribution in [1.82, 2.24) is 9.97 Å². The Morgan fingerprint density at radius 1 is 1.38 bits per heavy atom. The van der Waals surface area contributed by atoms with Gasteiger partial charge in [-0.05, 0) is 6.92 Å². The molecular weight excluding hydrogens is 222 g/mol. The van der Waals surface area contributed by atoms with E-state index in [2.05, 4.69) is 22.2 Å². The zero-order valence-corrected chi connectivity index (χ0v) is 10.6. The molecule has 16 heavy (non-hydrogen) atoms. The maximum Gasteiger partial charge on any atom is 0.134 e. The first kappa shape index (κ1) is 11.7. The van der Waals surface area contributed by atoms with Crippen LogP contribution in [0.1, 0.15) is 24.0 Å². The van der Waals surface area contributed by atoms with E-state index in [4.69, 9.17) is 4.74 Å². The van der Waals surface area contributed by atoms with Gasteiger partial charge in [0, 0.05) is 37.1 Å². The SMILES string of the molecule is CCNc1nc(CCOC)nc2c1CSC2. The van der Waals surface area contributed by atoms with Crippen molar-refractivity contribution >= 4 is 17.6 Å². The van der Waals surface area contributed by atoms with Crippen LogP contribution in [-0.2, 0) is 22.7 Å². The number of methoxy groups -OCH3 is 1. The summed E-state index contributed by atoms with van der Waals surface area (Å²) < 4.78 is 5.06. The Hall–Kier alpha value is -0.810. The highest BCUT2D eigenvalue weighted by Gasteiger charge is 2.19. The van der Waals surface area contributed by atoms with Gasteiger partial charge < -0.3 is 10.1 Å². The van der Waals surface area contributed by atoms with Crippen LogP contribution in [0.4, 0.5) is 5.82 Å². The van der Waals surface area contributed by atoms with E-state index in [9.17, 15) is 0 Å². The molecule has 0 unspecified atom stereocenters. The topological polar surface area (TPSA) is 47.0 Å². The number of fused-ring (bicyclic) bond motifs is 1. The zero-order chi connectivity index (χ0) is 11.4. The van der Waals surface area contributed by atoms with Gasteiger partial charge in [-0.1, -0.05) is 0 Å². The Bertz CT molecular complexity index is 370. The minimum Gasteiger partial charge on any atom is -0.384 e. The number of hydrogen-bond donors (Lipinski definition) is 1. The van der Waals surface area contributed by atoms with Crippen molar-refractivity contribution in [3.8, 4) is 0 Å². The highest BCUT2D eigenvalue weighted by molar-refractivity contribution is 7.98. The Morgan fingerprint density at radius 2 is 2.25 bits per heavy atom. The summed E-state index contributed by atoms with van der Waals surface area (Å²) in [5.74, 6) is 3.95. The van der Waals surface area contributed by atoms with Crippen LogP contribution in [0.15, 0.2) is 0 Å². The number of nitrogens with one attached hydrogen (secondary N) is 1. The lowest BCUT2D eigenvalue weighted by molar-refractivity contribution is 0.200. The molecular formula is C11H17N3OS. The molecule has 0 bridgehead atoms. The third-order valence-corrected chi connectivity index (χ3v) is 3.47. The van der Waals surface area contributed by atoms with E-state index in [0.717, 1.165) is 36.1 Å². The Balaban J connectivity index is 2.24. The van der Waals surface area contributed by atoms with Crippen LogP contribution in [0, 0.1) is 0 Å². The Labute approximate surface area is 100 Å². The number of rotatable bonds is 5. The van der Waals surface area contributed by atoms with Crippen molar-refractivity contribution in [1.29, 1.82) is 0 Å². The van der Waals surface area contributed by atoms with Crippen molar-refractivity contribution in [2.45, 2.75) is 24.9 Å². The lowest BCUT2D eigenvalue weighted by atomic mass is 10.2. The number of aromatic nitrogens is 2. The van der Waals surface area contributed by atoms with E-state index in [1.54, 1.807) is 7.11 Å². The van der Waals surface area contributed by atoms with E-state index in [1.807, 2.05) is 11.8 Å². The van der Waals surface area contributed by atoms with Gasteiger partial charge in [-0.3, -0.25) is 0 Å². The first-order valence-corrected chi connectivity index (χ1v) is 6.69. The monoisotopic (exact) mass is 239 g/mol. The molecule has 0 atom stereocenters. The van der Waals surface area contributed by atoms with Gasteiger partial charge in [0.15, 0.2) is 0 Å². The number of ether oxygens (including phenoxy) is 1. The molecule has 1 aliphatic heterocycles. The molecule has 2 heterocycles. The number of hydrogen-bond acceptors (Lipinski definition) is 5. The minimum atomic E-state index is 0.678. The minimum absolute atomic E-state index is 0.678. The van der Waals surface area contributed by atoms with Gasteiger partial charge in [-0.2, -0.15) is 11.8 Å². The molecule has 0 aliphatic carbocycles. The number of anilines is 1. The van der Waals surface area contributed by atoms with Gasteiger partial charge in [0.25, 0.3) is 0 Å². The summed E-state index contributed by atoms with van der Waals surface area (Å²) >= 11 is 1.90. The van der Waals surface area contributed by atoms with Crippen molar-refractivity contribution in [3.05, 3.63) is 17.1 Å². The van der Waals surface area contributed by atoms with Crippen LogP contribution >= 0.6 is 11.8 Å². The second-order valence-corrected chi connectivity index (χ2v) is 4.67. The lowest BCUT2D eigenvalue weighted by Crippen LogP contribution is -2.09. The van der Waals surface area contributed by atoms with Crippen LogP contribution in [0.3, 0.4) is 0 Å². The fraction of sp³-hybridized carbons (Fsp3) is 0.636. The molecule has 0 saturated heterocycles. The molecule has 0 saturated carbocycles. The molecule has 4 nitrogen and oxygen atoms in total. The maximum absolute atomic E-state index is 5.06. The van der Waals surface area contributed by atoms with Crippen molar-refractivity contribution in [3.63, 3.8) is 0 Å².